The lowest BCUT2D eigenvalue weighted by molar-refractivity contribution is -0.136. The second-order valence-electron chi connectivity index (χ2n) is 7.00. The maximum atomic E-state index is 12.6. The van der Waals surface area contributed by atoms with Gasteiger partial charge < -0.3 is 10.6 Å². The molecule has 4 nitrogen and oxygen atoms in total. The van der Waals surface area contributed by atoms with Crippen molar-refractivity contribution in [3.63, 3.8) is 0 Å². The van der Waals surface area contributed by atoms with Gasteiger partial charge in [0.25, 0.3) is 0 Å². The minimum absolute atomic E-state index is 0. The Morgan fingerprint density at radius 2 is 2.00 bits per heavy atom. The van der Waals surface area contributed by atoms with Crippen LogP contribution < -0.4 is 5.73 Å². The third-order valence-electron chi connectivity index (χ3n) is 5.77. The fourth-order valence-electron chi connectivity index (χ4n) is 4.56. The second-order valence-corrected chi connectivity index (χ2v) is 7.00. The van der Waals surface area contributed by atoms with E-state index in [-0.39, 0.29) is 12.4 Å². The first-order valence-electron chi connectivity index (χ1n) is 8.46. The van der Waals surface area contributed by atoms with Gasteiger partial charge in [-0.15, -0.1) is 12.4 Å². The van der Waals surface area contributed by atoms with Gasteiger partial charge in [0.2, 0.25) is 5.91 Å². The Bertz CT molecular complexity index is 365. The van der Waals surface area contributed by atoms with Crippen LogP contribution in [-0.4, -0.2) is 54.0 Å². The third kappa shape index (κ3) is 3.54. The number of hydrogen-bond donors (Lipinski definition) is 1. The highest BCUT2D eigenvalue weighted by Gasteiger charge is 2.41. The first-order valence-corrected chi connectivity index (χ1v) is 8.46. The van der Waals surface area contributed by atoms with E-state index in [1.165, 1.54) is 32.1 Å². The first-order chi connectivity index (χ1) is 9.69. The molecule has 2 aliphatic heterocycles. The summed E-state index contributed by atoms with van der Waals surface area (Å²) in [6.07, 6.45) is 7.20. The van der Waals surface area contributed by atoms with Gasteiger partial charge in [-0.1, -0.05) is 6.92 Å². The predicted octanol–water partition coefficient (Wildman–Crippen LogP) is 1.87. The number of nitrogens with zero attached hydrogens (tertiary/aromatic N) is 2. The van der Waals surface area contributed by atoms with E-state index < -0.39 is 0 Å². The Kier molecular flexibility index (Phi) is 5.92. The zero-order valence-corrected chi connectivity index (χ0v) is 14.0. The van der Waals surface area contributed by atoms with Gasteiger partial charge in [0.1, 0.15) is 0 Å². The summed E-state index contributed by atoms with van der Waals surface area (Å²) in [5.41, 5.74) is 6.18. The highest BCUT2D eigenvalue weighted by molar-refractivity contribution is 5.85. The van der Waals surface area contributed by atoms with Crippen molar-refractivity contribution >= 4 is 18.3 Å². The normalized spacial score (nSPS) is 36.4. The topological polar surface area (TPSA) is 49.6 Å². The Labute approximate surface area is 134 Å². The Balaban J connectivity index is 0.00000161. The number of piperidine rings is 1. The Morgan fingerprint density at radius 1 is 1.19 bits per heavy atom. The smallest absolute Gasteiger partial charge is 0.236 e. The number of likely N-dealkylation sites (tertiary alicyclic amines) is 2. The van der Waals surface area contributed by atoms with Gasteiger partial charge in [-0.2, -0.15) is 0 Å². The van der Waals surface area contributed by atoms with Crippen LogP contribution in [0.25, 0.3) is 0 Å². The monoisotopic (exact) mass is 315 g/mol. The van der Waals surface area contributed by atoms with Crippen LogP contribution in [0.1, 0.15) is 45.4 Å². The van der Waals surface area contributed by atoms with E-state index in [0.717, 1.165) is 32.0 Å². The molecule has 2 N–H and O–H groups in total. The summed E-state index contributed by atoms with van der Waals surface area (Å²) >= 11 is 0. The van der Waals surface area contributed by atoms with E-state index in [1.54, 1.807) is 0 Å². The Morgan fingerprint density at radius 3 is 2.71 bits per heavy atom. The van der Waals surface area contributed by atoms with Crippen LogP contribution in [0.3, 0.4) is 0 Å². The van der Waals surface area contributed by atoms with Gasteiger partial charge in [0, 0.05) is 31.7 Å². The molecule has 2 saturated heterocycles. The molecule has 0 radical (unpaired) electrons. The molecule has 2 heterocycles. The lowest BCUT2D eigenvalue weighted by atomic mass is 9.98. The van der Waals surface area contributed by atoms with E-state index >= 15 is 0 Å². The average molecular weight is 316 g/mol. The summed E-state index contributed by atoms with van der Waals surface area (Å²) in [5.74, 6) is 1.75. The fraction of sp³-hybridized carbons (Fsp3) is 0.938. The molecule has 5 heteroatoms. The lowest BCUT2D eigenvalue weighted by Crippen LogP contribution is -2.47. The molecule has 3 aliphatic rings. The van der Waals surface area contributed by atoms with Gasteiger partial charge in [-0.3, -0.25) is 9.69 Å². The van der Waals surface area contributed by atoms with Crippen LogP contribution in [-0.2, 0) is 4.79 Å². The summed E-state index contributed by atoms with van der Waals surface area (Å²) < 4.78 is 0. The molecule has 0 bridgehead atoms. The van der Waals surface area contributed by atoms with E-state index in [9.17, 15) is 4.79 Å². The molecular weight excluding hydrogens is 286 g/mol. The standard InChI is InChI=1S/C16H29N3O.ClH/c1-2-13-5-3-4-8-19(13)16(20)11-18-9-12-6-7-15(17)14(12)10-18;/h12-15H,2-11,17H2,1H3;1H. The van der Waals surface area contributed by atoms with Crippen molar-refractivity contribution in [1.29, 1.82) is 0 Å². The highest BCUT2D eigenvalue weighted by Crippen LogP contribution is 2.37. The minimum atomic E-state index is 0. The van der Waals surface area contributed by atoms with Crippen LogP contribution in [0.4, 0.5) is 0 Å². The van der Waals surface area contributed by atoms with Gasteiger partial charge >= 0.3 is 0 Å². The largest absolute Gasteiger partial charge is 0.339 e. The van der Waals surface area contributed by atoms with E-state index in [0.29, 0.717) is 30.5 Å². The highest BCUT2D eigenvalue weighted by atomic mass is 35.5. The van der Waals surface area contributed by atoms with Crippen molar-refractivity contribution in [2.24, 2.45) is 17.6 Å². The summed E-state index contributed by atoms with van der Waals surface area (Å²) in [6, 6.07) is 0.860. The molecule has 3 rings (SSSR count). The number of amides is 1. The quantitative estimate of drug-likeness (QED) is 0.865. The summed E-state index contributed by atoms with van der Waals surface area (Å²) in [6.45, 7) is 5.93. The number of carbonyl (C=O) groups is 1. The number of carbonyl (C=O) groups excluding carboxylic acids is 1. The minimum Gasteiger partial charge on any atom is -0.339 e. The van der Waals surface area contributed by atoms with Crippen molar-refractivity contribution in [2.75, 3.05) is 26.2 Å². The van der Waals surface area contributed by atoms with Gasteiger partial charge in [-0.05, 0) is 50.4 Å². The molecule has 0 aromatic carbocycles. The van der Waals surface area contributed by atoms with Crippen LogP contribution in [0.5, 0.6) is 0 Å². The Hall–Kier alpha value is -0.320. The number of fused-ring (bicyclic) bond motifs is 1. The van der Waals surface area contributed by atoms with Crippen LogP contribution in [0, 0.1) is 11.8 Å². The van der Waals surface area contributed by atoms with Crippen molar-refractivity contribution < 1.29 is 4.79 Å². The van der Waals surface area contributed by atoms with Crippen molar-refractivity contribution in [1.82, 2.24) is 9.80 Å². The molecule has 0 aromatic rings. The molecule has 1 saturated carbocycles. The molecule has 1 amide bonds. The molecule has 0 aromatic heterocycles. The maximum absolute atomic E-state index is 12.6. The second kappa shape index (κ2) is 7.30. The zero-order chi connectivity index (χ0) is 14.1. The van der Waals surface area contributed by atoms with Crippen LogP contribution in [0.2, 0.25) is 0 Å². The molecule has 4 atom stereocenters. The van der Waals surface area contributed by atoms with Crippen LogP contribution >= 0.6 is 12.4 Å². The van der Waals surface area contributed by atoms with E-state index in [4.69, 9.17) is 5.73 Å². The van der Waals surface area contributed by atoms with E-state index in [1.807, 2.05) is 0 Å². The number of rotatable bonds is 3. The van der Waals surface area contributed by atoms with Crippen LogP contribution in [0.15, 0.2) is 0 Å². The molecular formula is C16H30ClN3O. The summed E-state index contributed by atoms with van der Waals surface area (Å²) in [4.78, 5) is 17.1. The number of halogens is 1. The summed E-state index contributed by atoms with van der Waals surface area (Å²) in [7, 11) is 0. The number of hydrogen-bond acceptors (Lipinski definition) is 3. The number of nitrogens with two attached hydrogens (primary N) is 1. The predicted molar refractivity (Wildman–Crippen MR) is 87.5 cm³/mol. The molecule has 3 fully saturated rings. The van der Waals surface area contributed by atoms with Crippen molar-refractivity contribution in [3.8, 4) is 0 Å². The molecule has 122 valence electrons. The SMILES string of the molecule is CCC1CCCCN1C(=O)CN1CC2CCC(N)C2C1.Cl. The van der Waals surface area contributed by atoms with Gasteiger partial charge in [0.05, 0.1) is 6.54 Å². The van der Waals surface area contributed by atoms with Gasteiger partial charge in [-0.25, -0.2) is 0 Å². The molecule has 4 unspecified atom stereocenters. The van der Waals surface area contributed by atoms with Crippen molar-refractivity contribution in [3.05, 3.63) is 0 Å². The third-order valence-corrected chi connectivity index (χ3v) is 5.77. The average Bonchev–Trinajstić information content (AvgIpc) is 3.01. The van der Waals surface area contributed by atoms with Gasteiger partial charge in [0.15, 0.2) is 0 Å². The molecule has 0 spiro atoms. The lowest BCUT2D eigenvalue weighted by Gasteiger charge is -2.36. The molecule has 1 aliphatic carbocycles. The van der Waals surface area contributed by atoms with E-state index in [2.05, 4.69) is 16.7 Å². The first kappa shape index (κ1) is 17.0. The fourth-order valence-corrected chi connectivity index (χ4v) is 4.56. The zero-order valence-electron chi connectivity index (χ0n) is 13.2. The summed E-state index contributed by atoms with van der Waals surface area (Å²) in [5, 5.41) is 0. The van der Waals surface area contributed by atoms with Crippen molar-refractivity contribution in [2.45, 2.75) is 57.5 Å². The maximum Gasteiger partial charge on any atom is 0.236 e. The molecule has 21 heavy (non-hydrogen) atoms.